The molecule has 1 aliphatic heterocycles. The first-order chi connectivity index (χ1) is 15.8. The van der Waals surface area contributed by atoms with E-state index in [1.54, 1.807) is 0 Å². The van der Waals surface area contributed by atoms with Gasteiger partial charge in [-0.15, -0.1) is 0 Å². The predicted molar refractivity (Wildman–Crippen MR) is 143 cm³/mol. The maximum atomic E-state index is 13.4. The van der Waals surface area contributed by atoms with E-state index in [4.69, 9.17) is 0 Å². The molecule has 0 unspecified atom stereocenters. The first-order valence-electron chi connectivity index (χ1n) is 12.3. The van der Waals surface area contributed by atoms with E-state index in [0.29, 0.717) is 0 Å². The molecule has 5 heteroatoms. The lowest BCUT2D eigenvalue weighted by Crippen LogP contribution is -3.00. The first kappa shape index (κ1) is 28.1. The Morgan fingerprint density at radius 2 is 1.00 bits per heavy atom. The molecule has 1 fully saturated rings. The van der Waals surface area contributed by atoms with Crippen molar-refractivity contribution in [3.8, 4) is 0 Å². The molecule has 3 rings (SSSR count). The van der Waals surface area contributed by atoms with Gasteiger partial charge >= 0.3 is 0 Å². The van der Waals surface area contributed by atoms with Gasteiger partial charge in [-0.2, -0.15) is 0 Å². The van der Waals surface area contributed by atoms with Crippen LogP contribution in [0.1, 0.15) is 38.8 Å². The van der Waals surface area contributed by atoms with Crippen molar-refractivity contribution in [3.05, 3.63) is 70.8 Å². The second kappa shape index (κ2) is 12.5. The van der Waals surface area contributed by atoms with Crippen LogP contribution in [0.4, 0.5) is 11.4 Å². The lowest BCUT2D eigenvalue weighted by Gasteiger charge is -2.35. The number of quaternary nitrogens is 1. The van der Waals surface area contributed by atoms with Crippen molar-refractivity contribution >= 4 is 29.3 Å². The highest BCUT2D eigenvalue weighted by Crippen LogP contribution is 2.26. The van der Waals surface area contributed by atoms with E-state index in [2.05, 4.69) is 112 Å². The monoisotopic (exact) mass is 573 g/mol. The molecule has 0 aliphatic carbocycles. The Kier molecular flexibility index (Phi) is 10.4. The Bertz CT molecular complexity index is 919. The molecule has 0 atom stereocenters. The third-order valence-corrected chi connectivity index (χ3v) is 6.51. The zero-order valence-electron chi connectivity index (χ0n) is 21.6. The third-order valence-electron chi connectivity index (χ3n) is 6.51. The Hall–Kier alpha value is -2.12. The summed E-state index contributed by atoms with van der Waals surface area (Å²) in [5.41, 5.74) is 6.38. The number of piperidine rings is 1. The number of Topliss-reactive ketones (excluding diaryl/α,β-unsaturated/α-hetero) is 1. The standard InChI is InChI=1S/C29H40N3O.HI/c1-7-30(8-2)27-15-11-23(12-16-27)19-25-21-32(5,6)22-26(29(25)33)20-24-13-17-28(18-14-24)31(9-3)10-4;/h11-20H,7-10,21-22H2,1-6H3;1H/q+1;/p-1/b25-19-,26-20-;. The summed E-state index contributed by atoms with van der Waals surface area (Å²) in [4.78, 5) is 18.1. The third kappa shape index (κ3) is 6.95. The molecule has 184 valence electrons. The minimum atomic E-state index is 0. The summed E-state index contributed by atoms with van der Waals surface area (Å²) in [6.07, 6.45) is 4.15. The maximum Gasteiger partial charge on any atom is 0.196 e. The van der Waals surface area contributed by atoms with Crippen molar-refractivity contribution in [2.75, 3.05) is 63.2 Å². The molecule has 0 amide bonds. The first-order valence-corrected chi connectivity index (χ1v) is 12.3. The van der Waals surface area contributed by atoms with Crippen LogP contribution in [-0.4, -0.2) is 63.6 Å². The number of anilines is 2. The molecular formula is C29H40IN3O. The van der Waals surface area contributed by atoms with Gasteiger partial charge in [0.05, 0.1) is 25.2 Å². The summed E-state index contributed by atoms with van der Waals surface area (Å²) in [5.74, 6) is 0.174. The van der Waals surface area contributed by atoms with Crippen molar-refractivity contribution in [2.24, 2.45) is 0 Å². The van der Waals surface area contributed by atoms with Crippen LogP contribution in [0, 0.1) is 0 Å². The number of halogens is 1. The van der Waals surface area contributed by atoms with E-state index in [0.717, 1.165) is 66.0 Å². The van der Waals surface area contributed by atoms with Gasteiger partial charge in [0.1, 0.15) is 13.1 Å². The fraction of sp³-hybridized carbons (Fsp3) is 0.414. The summed E-state index contributed by atoms with van der Waals surface area (Å²) >= 11 is 0. The average molecular weight is 574 g/mol. The molecule has 0 spiro atoms. The smallest absolute Gasteiger partial charge is 0.196 e. The number of likely N-dealkylation sites (tertiary alicyclic amines) is 1. The van der Waals surface area contributed by atoms with Crippen molar-refractivity contribution in [1.82, 2.24) is 0 Å². The highest BCUT2D eigenvalue weighted by atomic mass is 127. The lowest BCUT2D eigenvalue weighted by atomic mass is 9.93. The second-order valence-electron chi connectivity index (χ2n) is 9.45. The molecule has 1 aliphatic rings. The number of hydrogen-bond donors (Lipinski definition) is 0. The fourth-order valence-electron chi connectivity index (χ4n) is 4.69. The number of nitrogens with zero attached hydrogens (tertiary/aromatic N) is 3. The molecule has 0 aromatic heterocycles. The molecule has 0 bridgehead atoms. The highest BCUT2D eigenvalue weighted by Gasteiger charge is 2.33. The lowest BCUT2D eigenvalue weighted by molar-refractivity contribution is -0.881. The van der Waals surface area contributed by atoms with E-state index < -0.39 is 0 Å². The van der Waals surface area contributed by atoms with Crippen molar-refractivity contribution in [2.45, 2.75) is 27.7 Å². The normalized spacial score (nSPS) is 17.5. The van der Waals surface area contributed by atoms with Gasteiger partial charge in [-0.25, -0.2) is 0 Å². The number of ketones is 1. The Morgan fingerprint density at radius 1 is 0.676 bits per heavy atom. The van der Waals surface area contributed by atoms with Gasteiger partial charge in [-0.3, -0.25) is 4.79 Å². The molecule has 0 radical (unpaired) electrons. The summed E-state index contributed by atoms with van der Waals surface area (Å²) in [7, 11) is 4.39. The van der Waals surface area contributed by atoms with Crippen LogP contribution in [0.15, 0.2) is 59.7 Å². The van der Waals surface area contributed by atoms with Crippen LogP contribution in [0.25, 0.3) is 12.2 Å². The molecule has 2 aromatic carbocycles. The van der Waals surface area contributed by atoms with Crippen molar-refractivity contribution in [3.63, 3.8) is 0 Å². The van der Waals surface area contributed by atoms with Crippen LogP contribution in [0.2, 0.25) is 0 Å². The van der Waals surface area contributed by atoms with Crippen LogP contribution < -0.4 is 33.8 Å². The summed E-state index contributed by atoms with van der Waals surface area (Å²) < 4.78 is 0.776. The number of hydrogen-bond acceptors (Lipinski definition) is 3. The molecule has 0 N–H and O–H groups in total. The summed E-state index contributed by atoms with van der Waals surface area (Å²) in [6.45, 7) is 14.1. The fourth-order valence-corrected chi connectivity index (χ4v) is 4.69. The molecule has 1 heterocycles. The Balaban J connectivity index is 0.00000408. The van der Waals surface area contributed by atoms with Gasteiger partial charge in [0, 0.05) is 37.6 Å². The minimum Gasteiger partial charge on any atom is -1.00 e. The summed E-state index contributed by atoms with van der Waals surface area (Å²) in [6, 6.07) is 17.1. The van der Waals surface area contributed by atoms with Crippen LogP contribution in [0.3, 0.4) is 0 Å². The largest absolute Gasteiger partial charge is 1.00 e. The predicted octanol–water partition coefficient (Wildman–Crippen LogP) is 2.51. The summed E-state index contributed by atoms with van der Waals surface area (Å²) in [5, 5.41) is 0. The van der Waals surface area contributed by atoms with Crippen LogP contribution >= 0.6 is 0 Å². The average Bonchev–Trinajstić information content (AvgIpc) is 2.80. The minimum absolute atomic E-state index is 0. The van der Waals surface area contributed by atoms with E-state index in [1.807, 2.05) is 0 Å². The quantitative estimate of drug-likeness (QED) is 0.276. The molecular weight excluding hydrogens is 533 g/mol. The zero-order chi connectivity index (χ0) is 24.0. The van der Waals surface area contributed by atoms with Gasteiger partial charge in [-0.1, -0.05) is 24.3 Å². The van der Waals surface area contributed by atoms with E-state index in [1.165, 1.54) is 11.4 Å². The topological polar surface area (TPSA) is 23.6 Å². The van der Waals surface area contributed by atoms with E-state index in [-0.39, 0.29) is 29.8 Å². The zero-order valence-corrected chi connectivity index (χ0v) is 23.8. The van der Waals surface area contributed by atoms with Crippen LogP contribution in [-0.2, 0) is 4.79 Å². The molecule has 4 nitrogen and oxygen atoms in total. The Morgan fingerprint density at radius 3 is 1.29 bits per heavy atom. The number of rotatable bonds is 8. The number of carbonyl (C=O) groups is 1. The van der Waals surface area contributed by atoms with Crippen molar-refractivity contribution in [1.29, 1.82) is 0 Å². The molecule has 2 aromatic rings. The van der Waals surface area contributed by atoms with Gasteiger partial charge in [0.15, 0.2) is 5.78 Å². The molecule has 0 saturated carbocycles. The molecule has 34 heavy (non-hydrogen) atoms. The van der Waals surface area contributed by atoms with Gasteiger partial charge in [0.25, 0.3) is 0 Å². The number of likely N-dealkylation sites (N-methyl/N-ethyl adjacent to an activating group) is 1. The number of carbonyl (C=O) groups excluding carboxylic acids is 1. The van der Waals surface area contributed by atoms with Gasteiger partial charge < -0.3 is 38.3 Å². The van der Waals surface area contributed by atoms with E-state index in [9.17, 15) is 4.79 Å². The van der Waals surface area contributed by atoms with Crippen LogP contribution in [0.5, 0.6) is 0 Å². The highest BCUT2D eigenvalue weighted by molar-refractivity contribution is 6.14. The SMILES string of the molecule is CCN(CC)c1ccc(/C=C2/C[N+](C)(C)C/C(=C/c3ccc(N(CC)CC)cc3)C2=O)cc1.[I-]. The van der Waals surface area contributed by atoms with Gasteiger partial charge in [-0.05, 0) is 75.2 Å². The number of benzene rings is 2. The Labute approximate surface area is 223 Å². The van der Waals surface area contributed by atoms with Crippen molar-refractivity contribution < 1.29 is 33.3 Å². The second-order valence-corrected chi connectivity index (χ2v) is 9.45. The maximum absolute atomic E-state index is 13.4. The molecule has 1 saturated heterocycles. The van der Waals surface area contributed by atoms with Gasteiger partial charge in [0.2, 0.25) is 0 Å². The van der Waals surface area contributed by atoms with E-state index >= 15 is 0 Å².